The minimum Gasteiger partial charge on any atom is -0.456 e. The lowest BCUT2D eigenvalue weighted by Crippen LogP contribution is -1.97. The standard InChI is InChI=1S/C35H21N3O/c1-2-8-22(9-3-1)24-15-17-27-30(21-24)37-35(28-13-6-10-23-11-7-19-36-33(23)28)38-34(27)25-16-18-32-29(20-25)26-12-4-5-14-31(26)39-32/h1-21H. The Morgan fingerprint density at radius 1 is 0.513 bits per heavy atom. The van der Waals surface area contributed by atoms with Crippen LogP contribution in [0, 0.1) is 0 Å². The van der Waals surface area contributed by atoms with Gasteiger partial charge >= 0.3 is 0 Å². The molecule has 0 amide bonds. The van der Waals surface area contributed by atoms with Crippen molar-refractivity contribution < 1.29 is 4.42 Å². The van der Waals surface area contributed by atoms with E-state index in [0.717, 1.165) is 71.7 Å². The zero-order chi connectivity index (χ0) is 25.8. The van der Waals surface area contributed by atoms with Crippen LogP contribution in [0.25, 0.3) is 77.5 Å². The molecule has 0 saturated carbocycles. The maximum absolute atomic E-state index is 6.10. The molecule has 0 atom stereocenters. The van der Waals surface area contributed by atoms with Gasteiger partial charge in [-0.1, -0.05) is 72.8 Å². The van der Waals surface area contributed by atoms with E-state index in [0.29, 0.717) is 5.82 Å². The average Bonchev–Trinajstić information content (AvgIpc) is 3.38. The van der Waals surface area contributed by atoms with Gasteiger partial charge in [0.05, 0.1) is 16.7 Å². The minimum atomic E-state index is 0.657. The molecule has 0 saturated heterocycles. The summed E-state index contributed by atoms with van der Waals surface area (Å²) in [7, 11) is 0. The number of para-hydroxylation sites is 2. The van der Waals surface area contributed by atoms with Gasteiger partial charge in [-0.25, -0.2) is 9.97 Å². The fourth-order valence-corrected chi connectivity index (χ4v) is 5.44. The molecule has 0 fully saturated rings. The van der Waals surface area contributed by atoms with Crippen LogP contribution in [-0.4, -0.2) is 15.0 Å². The fraction of sp³-hybridized carbons (Fsp3) is 0. The molecule has 0 unspecified atom stereocenters. The second-order valence-electron chi connectivity index (χ2n) is 9.68. The van der Waals surface area contributed by atoms with Crippen molar-refractivity contribution in [2.45, 2.75) is 0 Å². The zero-order valence-corrected chi connectivity index (χ0v) is 20.9. The maximum Gasteiger partial charge on any atom is 0.162 e. The van der Waals surface area contributed by atoms with E-state index in [2.05, 4.69) is 77.8 Å². The van der Waals surface area contributed by atoms with Crippen molar-refractivity contribution in [3.05, 3.63) is 128 Å². The lowest BCUT2D eigenvalue weighted by molar-refractivity contribution is 0.669. The van der Waals surface area contributed by atoms with Crippen LogP contribution in [0.4, 0.5) is 0 Å². The van der Waals surface area contributed by atoms with Crippen LogP contribution in [0.1, 0.15) is 0 Å². The molecule has 5 aromatic carbocycles. The number of hydrogen-bond acceptors (Lipinski definition) is 4. The molecular formula is C35H21N3O. The largest absolute Gasteiger partial charge is 0.456 e. The van der Waals surface area contributed by atoms with Crippen molar-refractivity contribution in [1.82, 2.24) is 15.0 Å². The maximum atomic E-state index is 6.10. The molecule has 0 aliphatic heterocycles. The van der Waals surface area contributed by atoms with Crippen molar-refractivity contribution in [3.63, 3.8) is 0 Å². The summed E-state index contributed by atoms with van der Waals surface area (Å²) < 4.78 is 6.10. The third-order valence-electron chi connectivity index (χ3n) is 7.33. The van der Waals surface area contributed by atoms with Gasteiger partial charge in [0, 0.05) is 38.9 Å². The third kappa shape index (κ3) is 3.57. The van der Waals surface area contributed by atoms with Crippen LogP contribution in [0.3, 0.4) is 0 Å². The highest BCUT2D eigenvalue weighted by Crippen LogP contribution is 2.36. The van der Waals surface area contributed by atoms with Crippen LogP contribution >= 0.6 is 0 Å². The smallest absolute Gasteiger partial charge is 0.162 e. The molecule has 0 aliphatic carbocycles. The van der Waals surface area contributed by atoms with E-state index in [9.17, 15) is 0 Å². The summed E-state index contributed by atoms with van der Waals surface area (Å²) in [4.78, 5) is 15.0. The molecule has 0 aliphatic rings. The first kappa shape index (κ1) is 21.7. The minimum absolute atomic E-state index is 0.657. The van der Waals surface area contributed by atoms with Gasteiger partial charge in [0.15, 0.2) is 5.82 Å². The quantitative estimate of drug-likeness (QED) is 0.243. The number of aromatic nitrogens is 3. The third-order valence-corrected chi connectivity index (χ3v) is 7.33. The first-order chi connectivity index (χ1) is 19.3. The van der Waals surface area contributed by atoms with Crippen molar-refractivity contribution >= 4 is 43.7 Å². The predicted octanol–water partition coefficient (Wildman–Crippen LogP) is 9.08. The van der Waals surface area contributed by atoms with Gasteiger partial charge in [-0.05, 0) is 59.7 Å². The number of benzene rings is 5. The second kappa shape index (κ2) is 8.61. The first-order valence-corrected chi connectivity index (χ1v) is 12.9. The Labute approximate surface area is 224 Å². The Bertz CT molecular complexity index is 2180. The molecule has 39 heavy (non-hydrogen) atoms. The Hall–Kier alpha value is -5.35. The summed E-state index contributed by atoms with van der Waals surface area (Å²) in [5.41, 5.74) is 8.61. The SMILES string of the molecule is c1ccc(-c2ccc3c(-c4ccc5oc6ccccc6c5c4)nc(-c4cccc5cccnc45)nc3c2)cc1. The van der Waals surface area contributed by atoms with Gasteiger partial charge in [0.25, 0.3) is 0 Å². The van der Waals surface area contributed by atoms with Crippen LogP contribution in [0.5, 0.6) is 0 Å². The molecule has 3 heterocycles. The van der Waals surface area contributed by atoms with E-state index in [1.807, 2.05) is 54.7 Å². The summed E-state index contributed by atoms with van der Waals surface area (Å²) in [6, 6.07) is 41.5. The number of rotatable bonds is 3. The van der Waals surface area contributed by atoms with E-state index in [1.54, 1.807) is 0 Å². The van der Waals surface area contributed by atoms with E-state index >= 15 is 0 Å². The lowest BCUT2D eigenvalue weighted by atomic mass is 9.99. The van der Waals surface area contributed by atoms with Crippen LogP contribution in [-0.2, 0) is 0 Å². The summed E-state index contributed by atoms with van der Waals surface area (Å²) in [5, 5.41) is 4.23. The van der Waals surface area contributed by atoms with E-state index in [-0.39, 0.29) is 0 Å². The van der Waals surface area contributed by atoms with Gasteiger partial charge in [-0.3, -0.25) is 4.98 Å². The Kier molecular flexibility index (Phi) is 4.79. The molecule has 4 nitrogen and oxygen atoms in total. The highest BCUT2D eigenvalue weighted by molar-refractivity contribution is 6.07. The molecule has 0 bridgehead atoms. The van der Waals surface area contributed by atoms with Crippen LogP contribution < -0.4 is 0 Å². The van der Waals surface area contributed by atoms with E-state index < -0.39 is 0 Å². The summed E-state index contributed by atoms with van der Waals surface area (Å²) in [6.45, 7) is 0. The Balaban J connectivity index is 1.42. The molecular weight excluding hydrogens is 478 g/mol. The molecule has 0 radical (unpaired) electrons. The monoisotopic (exact) mass is 499 g/mol. The van der Waals surface area contributed by atoms with Gasteiger partial charge in [0.2, 0.25) is 0 Å². The highest BCUT2D eigenvalue weighted by atomic mass is 16.3. The predicted molar refractivity (Wildman–Crippen MR) is 158 cm³/mol. The second-order valence-corrected chi connectivity index (χ2v) is 9.68. The molecule has 0 spiro atoms. The zero-order valence-electron chi connectivity index (χ0n) is 20.9. The van der Waals surface area contributed by atoms with E-state index in [4.69, 9.17) is 14.4 Å². The van der Waals surface area contributed by atoms with Gasteiger partial charge in [0.1, 0.15) is 11.2 Å². The van der Waals surface area contributed by atoms with Gasteiger partial charge in [-0.15, -0.1) is 0 Å². The Morgan fingerprint density at radius 3 is 2.28 bits per heavy atom. The van der Waals surface area contributed by atoms with Gasteiger partial charge in [-0.2, -0.15) is 0 Å². The molecule has 8 rings (SSSR count). The van der Waals surface area contributed by atoms with Crippen molar-refractivity contribution in [1.29, 1.82) is 0 Å². The fourth-order valence-electron chi connectivity index (χ4n) is 5.44. The topological polar surface area (TPSA) is 51.8 Å². The number of pyridine rings is 1. The number of nitrogens with zero attached hydrogens (tertiary/aromatic N) is 3. The number of hydrogen-bond donors (Lipinski definition) is 0. The molecule has 3 aromatic heterocycles. The van der Waals surface area contributed by atoms with Crippen molar-refractivity contribution in [3.8, 4) is 33.8 Å². The lowest BCUT2D eigenvalue weighted by Gasteiger charge is -2.12. The number of furan rings is 1. The summed E-state index contributed by atoms with van der Waals surface area (Å²) >= 11 is 0. The van der Waals surface area contributed by atoms with Crippen LogP contribution in [0.15, 0.2) is 132 Å². The molecule has 182 valence electrons. The normalized spacial score (nSPS) is 11.6. The molecule has 8 aromatic rings. The van der Waals surface area contributed by atoms with Crippen molar-refractivity contribution in [2.75, 3.05) is 0 Å². The average molecular weight is 500 g/mol. The highest BCUT2D eigenvalue weighted by Gasteiger charge is 2.16. The molecule has 0 N–H and O–H groups in total. The number of fused-ring (bicyclic) bond motifs is 5. The summed E-state index contributed by atoms with van der Waals surface area (Å²) in [5.74, 6) is 0.657. The Morgan fingerprint density at radius 2 is 1.33 bits per heavy atom. The summed E-state index contributed by atoms with van der Waals surface area (Å²) in [6.07, 6.45) is 1.82. The van der Waals surface area contributed by atoms with Crippen LogP contribution in [0.2, 0.25) is 0 Å². The van der Waals surface area contributed by atoms with Crippen molar-refractivity contribution in [2.24, 2.45) is 0 Å². The first-order valence-electron chi connectivity index (χ1n) is 12.9. The van der Waals surface area contributed by atoms with E-state index in [1.165, 1.54) is 0 Å². The van der Waals surface area contributed by atoms with Gasteiger partial charge < -0.3 is 4.42 Å². The molecule has 4 heteroatoms.